The Bertz CT molecular complexity index is 448. The van der Waals surface area contributed by atoms with Gasteiger partial charge in [-0.2, -0.15) is 0 Å². The van der Waals surface area contributed by atoms with Crippen molar-refractivity contribution in [2.45, 2.75) is 32.2 Å². The average Bonchev–Trinajstić information content (AvgIpc) is 3.12. The third kappa shape index (κ3) is 2.95. The van der Waals surface area contributed by atoms with E-state index in [1.165, 1.54) is 25.1 Å². The molecular weight excluding hydrogens is 235 g/mol. The molecule has 0 bridgehead atoms. The van der Waals surface area contributed by atoms with Gasteiger partial charge in [-0.25, -0.2) is 15.2 Å². The van der Waals surface area contributed by atoms with Crippen LogP contribution < -0.4 is 16.6 Å². The molecule has 1 aliphatic rings. The first kappa shape index (κ1) is 12.8. The summed E-state index contributed by atoms with van der Waals surface area (Å²) in [5.74, 6) is 4.54. The van der Waals surface area contributed by atoms with Gasteiger partial charge in [0.05, 0.1) is 5.56 Å². The molecule has 98 valence electrons. The normalized spacial score (nSPS) is 16.2. The number of pyridine rings is 1. The van der Waals surface area contributed by atoms with Crippen molar-refractivity contribution in [2.24, 2.45) is 11.8 Å². The number of carbonyl (C=O) groups is 1. The van der Waals surface area contributed by atoms with Gasteiger partial charge in [0.2, 0.25) is 0 Å². The number of carbonyl (C=O) groups excluding carboxylic acids is 1. The highest BCUT2D eigenvalue weighted by Crippen LogP contribution is 2.33. The lowest BCUT2D eigenvalue weighted by Crippen LogP contribution is -2.33. The Morgan fingerprint density at radius 2 is 2.39 bits per heavy atom. The number of nitrogens with zero attached hydrogens (tertiary/aromatic N) is 1. The van der Waals surface area contributed by atoms with Crippen molar-refractivity contribution in [1.29, 1.82) is 0 Å². The molecule has 1 fully saturated rings. The van der Waals surface area contributed by atoms with E-state index in [1.807, 2.05) is 6.92 Å². The van der Waals surface area contributed by atoms with Gasteiger partial charge in [0.15, 0.2) is 11.6 Å². The Balaban J connectivity index is 2.03. The molecule has 1 aliphatic carbocycles. The highest BCUT2D eigenvalue weighted by Gasteiger charge is 2.25. The van der Waals surface area contributed by atoms with E-state index >= 15 is 0 Å². The fourth-order valence-electron chi connectivity index (χ4n) is 1.93. The van der Waals surface area contributed by atoms with Crippen LogP contribution in [0.5, 0.6) is 0 Å². The molecule has 1 unspecified atom stereocenters. The smallest absolute Gasteiger partial charge is 0.254 e. The average molecular weight is 252 g/mol. The van der Waals surface area contributed by atoms with E-state index in [4.69, 9.17) is 5.84 Å². The number of hydrazine groups is 1. The number of nitrogens with one attached hydrogen (secondary N) is 2. The van der Waals surface area contributed by atoms with Crippen LogP contribution in [-0.4, -0.2) is 16.9 Å². The Labute approximate surface area is 105 Å². The number of hydrogen-bond acceptors (Lipinski definition) is 4. The predicted molar refractivity (Wildman–Crippen MR) is 66.3 cm³/mol. The number of hydrogen-bond donors (Lipinski definition) is 3. The molecule has 2 rings (SSSR count). The summed E-state index contributed by atoms with van der Waals surface area (Å²) >= 11 is 0. The zero-order valence-corrected chi connectivity index (χ0v) is 10.2. The molecule has 0 radical (unpaired) electrons. The number of halogens is 1. The van der Waals surface area contributed by atoms with Gasteiger partial charge >= 0.3 is 0 Å². The monoisotopic (exact) mass is 252 g/mol. The van der Waals surface area contributed by atoms with E-state index in [0.29, 0.717) is 5.92 Å². The molecule has 0 saturated heterocycles. The van der Waals surface area contributed by atoms with E-state index in [1.54, 1.807) is 0 Å². The number of rotatable bonds is 5. The van der Waals surface area contributed by atoms with Gasteiger partial charge in [-0.3, -0.25) is 4.79 Å². The number of nitrogen functional groups attached to an aromatic ring is 1. The minimum atomic E-state index is -0.726. The van der Waals surface area contributed by atoms with Crippen LogP contribution in [0.4, 0.5) is 10.2 Å². The molecule has 6 heteroatoms. The van der Waals surface area contributed by atoms with E-state index in [2.05, 4.69) is 15.7 Å². The Morgan fingerprint density at radius 1 is 1.67 bits per heavy atom. The van der Waals surface area contributed by atoms with Gasteiger partial charge < -0.3 is 10.7 Å². The van der Waals surface area contributed by atoms with E-state index in [0.717, 1.165) is 6.42 Å². The lowest BCUT2D eigenvalue weighted by Gasteiger charge is -2.14. The van der Waals surface area contributed by atoms with E-state index in [9.17, 15) is 9.18 Å². The summed E-state index contributed by atoms with van der Waals surface area (Å²) in [6, 6.07) is 1.39. The summed E-state index contributed by atoms with van der Waals surface area (Å²) in [6.45, 7) is 1.93. The third-order valence-electron chi connectivity index (χ3n) is 3.03. The van der Waals surface area contributed by atoms with Crippen LogP contribution in [0.2, 0.25) is 0 Å². The summed E-state index contributed by atoms with van der Waals surface area (Å²) in [4.78, 5) is 15.6. The van der Waals surface area contributed by atoms with Crippen LogP contribution in [0, 0.1) is 11.7 Å². The molecule has 1 aromatic heterocycles. The van der Waals surface area contributed by atoms with Crippen LogP contribution >= 0.6 is 0 Å². The fraction of sp³-hybridized carbons (Fsp3) is 0.500. The van der Waals surface area contributed by atoms with Gasteiger partial charge in [-0.15, -0.1) is 0 Å². The summed E-state index contributed by atoms with van der Waals surface area (Å²) in [6.07, 6.45) is 4.75. The summed E-state index contributed by atoms with van der Waals surface area (Å²) in [5.41, 5.74) is 2.08. The maximum atomic E-state index is 13.8. The van der Waals surface area contributed by atoms with Crippen LogP contribution in [0.3, 0.4) is 0 Å². The van der Waals surface area contributed by atoms with E-state index < -0.39 is 11.7 Å². The maximum absolute atomic E-state index is 13.8. The van der Waals surface area contributed by atoms with Crippen molar-refractivity contribution < 1.29 is 9.18 Å². The molecule has 18 heavy (non-hydrogen) atoms. The van der Waals surface area contributed by atoms with Crippen molar-refractivity contribution >= 4 is 11.7 Å². The Kier molecular flexibility index (Phi) is 3.76. The highest BCUT2D eigenvalue weighted by atomic mass is 19.1. The van der Waals surface area contributed by atoms with Gasteiger partial charge in [-0.1, -0.05) is 12.8 Å². The van der Waals surface area contributed by atoms with Crippen molar-refractivity contribution in [1.82, 2.24) is 10.3 Å². The number of aromatic nitrogens is 1. The van der Waals surface area contributed by atoms with Gasteiger partial charge in [0.25, 0.3) is 5.91 Å². The first-order chi connectivity index (χ1) is 8.61. The SMILES string of the molecule is CC(CC1CC1)NC(=O)c1ccnc(NN)c1F. The molecule has 1 atom stereocenters. The molecule has 1 saturated carbocycles. The van der Waals surface area contributed by atoms with Crippen molar-refractivity contribution in [3.63, 3.8) is 0 Å². The zero-order valence-electron chi connectivity index (χ0n) is 10.2. The van der Waals surface area contributed by atoms with Gasteiger partial charge in [0, 0.05) is 12.2 Å². The first-order valence-corrected chi connectivity index (χ1v) is 6.03. The van der Waals surface area contributed by atoms with Crippen molar-refractivity contribution in [3.05, 3.63) is 23.6 Å². The van der Waals surface area contributed by atoms with Gasteiger partial charge in [0.1, 0.15) is 0 Å². The minimum absolute atomic E-state index is 0.0411. The topological polar surface area (TPSA) is 80.0 Å². The zero-order chi connectivity index (χ0) is 13.1. The lowest BCUT2D eigenvalue weighted by molar-refractivity contribution is 0.0933. The Hall–Kier alpha value is -1.69. The summed E-state index contributed by atoms with van der Waals surface area (Å²) < 4.78 is 13.8. The molecule has 5 nitrogen and oxygen atoms in total. The molecular formula is C12H17FN4O. The van der Waals surface area contributed by atoms with Gasteiger partial charge in [-0.05, 0) is 25.3 Å². The number of anilines is 1. The second kappa shape index (κ2) is 5.30. The molecule has 0 aromatic carbocycles. The van der Waals surface area contributed by atoms with E-state index in [-0.39, 0.29) is 17.4 Å². The summed E-state index contributed by atoms with van der Waals surface area (Å²) in [5, 5.41) is 2.78. The Morgan fingerprint density at radius 3 is 3.00 bits per heavy atom. The van der Waals surface area contributed by atoms with Crippen LogP contribution in [0.15, 0.2) is 12.3 Å². The fourth-order valence-corrected chi connectivity index (χ4v) is 1.93. The quantitative estimate of drug-likeness (QED) is 0.547. The summed E-state index contributed by atoms with van der Waals surface area (Å²) in [7, 11) is 0. The standard InChI is InChI=1S/C12H17FN4O/c1-7(6-8-2-3-8)16-12(18)9-4-5-15-11(17-14)10(9)13/h4-5,7-8H,2-3,6,14H2,1H3,(H,15,17)(H,16,18). The molecule has 1 aromatic rings. The first-order valence-electron chi connectivity index (χ1n) is 6.03. The minimum Gasteiger partial charge on any atom is -0.349 e. The lowest BCUT2D eigenvalue weighted by atomic mass is 10.1. The number of nitrogens with two attached hydrogens (primary N) is 1. The largest absolute Gasteiger partial charge is 0.349 e. The third-order valence-corrected chi connectivity index (χ3v) is 3.03. The molecule has 4 N–H and O–H groups in total. The predicted octanol–water partition coefficient (Wildman–Crippen LogP) is 1.42. The van der Waals surface area contributed by atoms with Crippen LogP contribution in [0.25, 0.3) is 0 Å². The molecule has 1 heterocycles. The molecule has 1 amide bonds. The van der Waals surface area contributed by atoms with Crippen LogP contribution in [-0.2, 0) is 0 Å². The highest BCUT2D eigenvalue weighted by molar-refractivity contribution is 5.95. The molecule has 0 aliphatic heterocycles. The van der Waals surface area contributed by atoms with Crippen LogP contribution in [0.1, 0.15) is 36.5 Å². The second-order valence-corrected chi connectivity index (χ2v) is 4.72. The second-order valence-electron chi connectivity index (χ2n) is 4.72. The molecule has 0 spiro atoms. The maximum Gasteiger partial charge on any atom is 0.254 e. The number of amides is 1. The van der Waals surface area contributed by atoms with Crippen molar-refractivity contribution in [3.8, 4) is 0 Å². The van der Waals surface area contributed by atoms with Crippen molar-refractivity contribution in [2.75, 3.05) is 5.43 Å².